The second kappa shape index (κ2) is 9.20. The third kappa shape index (κ3) is 5.03. The van der Waals surface area contributed by atoms with Gasteiger partial charge in [-0.15, -0.1) is 4.40 Å². The van der Waals surface area contributed by atoms with Gasteiger partial charge in [0.25, 0.3) is 10.0 Å². The predicted molar refractivity (Wildman–Crippen MR) is 119 cm³/mol. The molecule has 0 aliphatic carbocycles. The van der Waals surface area contributed by atoms with E-state index in [9.17, 15) is 18.0 Å². The van der Waals surface area contributed by atoms with Crippen LogP contribution < -0.4 is 5.32 Å². The molecule has 3 rings (SSSR count). The van der Waals surface area contributed by atoms with Crippen molar-refractivity contribution < 1.29 is 18.0 Å². The molecule has 0 bridgehead atoms. The summed E-state index contributed by atoms with van der Waals surface area (Å²) < 4.78 is 29.1. The molecule has 0 saturated carbocycles. The van der Waals surface area contributed by atoms with Crippen molar-refractivity contribution in [3.63, 3.8) is 0 Å². The molecule has 2 amide bonds. The Balaban J connectivity index is 1.77. The van der Waals surface area contributed by atoms with Crippen molar-refractivity contribution in [1.29, 1.82) is 0 Å². The van der Waals surface area contributed by atoms with Crippen molar-refractivity contribution in [2.75, 3.05) is 11.9 Å². The zero-order valence-corrected chi connectivity index (χ0v) is 18.7. The lowest BCUT2D eigenvalue weighted by Crippen LogP contribution is -2.33. The van der Waals surface area contributed by atoms with Crippen molar-refractivity contribution in [3.05, 3.63) is 59.1 Å². The molecule has 1 saturated heterocycles. The molecule has 7 nitrogen and oxygen atoms in total. The van der Waals surface area contributed by atoms with Gasteiger partial charge in [0, 0.05) is 23.7 Å². The van der Waals surface area contributed by atoms with Crippen molar-refractivity contribution in [2.24, 2.45) is 4.40 Å². The van der Waals surface area contributed by atoms with Crippen molar-refractivity contribution >= 4 is 56.1 Å². The third-order valence-corrected chi connectivity index (χ3v) is 7.26. The fraction of sp³-hybridized carbons (Fsp3) is 0.250. The number of benzene rings is 2. The molecule has 10 heteroatoms. The Morgan fingerprint density at radius 2 is 1.87 bits per heavy atom. The summed E-state index contributed by atoms with van der Waals surface area (Å²) >= 11 is 6.79. The normalized spacial score (nSPS) is 18.1. The molecule has 0 spiro atoms. The number of hydrogen-bond acceptors (Lipinski definition) is 5. The molecule has 1 N–H and O–H groups in total. The first-order valence-electron chi connectivity index (χ1n) is 9.15. The fourth-order valence-electron chi connectivity index (χ4n) is 2.85. The summed E-state index contributed by atoms with van der Waals surface area (Å²) in [7, 11) is -4.02. The van der Waals surface area contributed by atoms with Crippen LogP contribution in [0.4, 0.5) is 5.69 Å². The van der Waals surface area contributed by atoms with E-state index in [1.807, 2.05) is 25.1 Å². The predicted octanol–water partition coefficient (Wildman–Crippen LogP) is 3.69. The number of sulfonamides is 1. The van der Waals surface area contributed by atoms with Crippen LogP contribution in [0.2, 0.25) is 5.02 Å². The summed E-state index contributed by atoms with van der Waals surface area (Å²) in [6.45, 7) is 3.84. The van der Waals surface area contributed by atoms with E-state index in [0.29, 0.717) is 10.7 Å². The number of halogens is 1. The van der Waals surface area contributed by atoms with E-state index in [1.165, 1.54) is 29.2 Å². The van der Waals surface area contributed by atoms with Gasteiger partial charge in [0.1, 0.15) is 5.25 Å². The molecule has 2 aromatic carbocycles. The zero-order valence-electron chi connectivity index (χ0n) is 16.3. The van der Waals surface area contributed by atoms with E-state index in [4.69, 9.17) is 11.6 Å². The average molecular weight is 466 g/mol. The first-order chi connectivity index (χ1) is 14.2. The molecule has 1 aliphatic heterocycles. The Bertz CT molecular complexity index is 1100. The Morgan fingerprint density at radius 1 is 1.20 bits per heavy atom. The molecule has 0 aromatic heterocycles. The van der Waals surface area contributed by atoms with Gasteiger partial charge in [0.2, 0.25) is 11.8 Å². The van der Waals surface area contributed by atoms with Crippen LogP contribution in [0.3, 0.4) is 0 Å². The number of thioether (sulfide) groups is 1. The van der Waals surface area contributed by atoms with Gasteiger partial charge >= 0.3 is 0 Å². The van der Waals surface area contributed by atoms with Crippen LogP contribution in [-0.2, 0) is 19.6 Å². The van der Waals surface area contributed by atoms with Gasteiger partial charge in [-0.05, 0) is 49.7 Å². The van der Waals surface area contributed by atoms with Crippen LogP contribution in [0.1, 0.15) is 18.9 Å². The highest BCUT2D eigenvalue weighted by atomic mass is 35.5. The standard InChI is InChI=1S/C20H20ClN3O4S2/c1-3-24-19(26)17(12-18(25)22-16-7-5-4-6-13(16)2)29-20(24)23-30(27,28)15-10-8-14(21)9-11-15/h4-11,17H,3,12H2,1-2H3,(H,22,25). The smallest absolute Gasteiger partial charge is 0.284 e. The van der Waals surface area contributed by atoms with E-state index in [-0.39, 0.29) is 34.8 Å². The minimum atomic E-state index is -4.02. The Labute approximate surface area is 184 Å². The van der Waals surface area contributed by atoms with Gasteiger partial charge in [-0.3, -0.25) is 14.5 Å². The number of carbonyl (C=O) groups excluding carboxylic acids is 2. The minimum absolute atomic E-state index is 0.0238. The molecule has 158 valence electrons. The minimum Gasteiger partial charge on any atom is -0.326 e. The van der Waals surface area contributed by atoms with Crippen molar-refractivity contribution in [2.45, 2.75) is 30.4 Å². The van der Waals surface area contributed by atoms with Gasteiger partial charge in [0.15, 0.2) is 5.17 Å². The van der Waals surface area contributed by atoms with Crippen LogP contribution in [0, 0.1) is 6.92 Å². The Morgan fingerprint density at radius 3 is 2.50 bits per heavy atom. The molecule has 1 unspecified atom stereocenters. The number of para-hydroxylation sites is 1. The van der Waals surface area contributed by atoms with Crippen LogP contribution in [-0.4, -0.2) is 42.1 Å². The number of amidine groups is 1. The molecule has 30 heavy (non-hydrogen) atoms. The number of hydrogen-bond donors (Lipinski definition) is 1. The molecule has 1 atom stereocenters. The van der Waals surface area contributed by atoms with Gasteiger partial charge in [-0.2, -0.15) is 8.42 Å². The molecule has 0 radical (unpaired) electrons. The summed E-state index contributed by atoms with van der Waals surface area (Å²) in [5.41, 5.74) is 1.58. The van der Waals surface area contributed by atoms with Crippen LogP contribution in [0.5, 0.6) is 0 Å². The average Bonchev–Trinajstić information content (AvgIpc) is 2.97. The molecule has 1 aliphatic rings. The summed E-state index contributed by atoms with van der Waals surface area (Å²) in [5.74, 6) is -0.666. The largest absolute Gasteiger partial charge is 0.326 e. The lowest BCUT2D eigenvalue weighted by atomic mass is 10.2. The molecule has 1 fully saturated rings. The van der Waals surface area contributed by atoms with Gasteiger partial charge in [-0.25, -0.2) is 0 Å². The maximum absolute atomic E-state index is 12.7. The fourth-order valence-corrected chi connectivity index (χ4v) is 5.39. The number of amides is 2. The van der Waals surface area contributed by atoms with E-state index in [0.717, 1.165) is 17.3 Å². The van der Waals surface area contributed by atoms with E-state index >= 15 is 0 Å². The first-order valence-corrected chi connectivity index (χ1v) is 11.8. The summed E-state index contributed by atoms with van der Waals surface area (Å²) in [4.78, 5) is 26.4. The summed E-state index contributed by atoms with van der Waals surface area (Å²) in [5, 5.41) is 2.51. The Hall–Kier alpha value is -2.36. The zero-order chi connectivity index (χ0) is 21.9. The van der Waals surface area contributed by atoms with Crippen LogP contribution in [0.25, 0.3) is 0 Å². The van der Waals surface area contributed by atoms with E-state index in [2.05, 4.69) is 9.71 Å². The van der Waals surface area contributed by atoms with Gasteiger partial charge in [0.05, 0.1) is 4.90 Å². The monoisotopic (exact) mass is 465 g/mol. The second-order valence-electron chi connectivity index (χ2n) is 6.56. The topological polar surface area (TPSA) is 95.9 Å². The molecule has 2 aromatic rings. The summed E-state index contributed by atoms with van der Waals surface area (Å²) in [6, 6.07) is 12.9. The first kappa shape index (κ1) is 22.3. The van der Waals surface area contributed by atoms with E-state index < -0.39 is 15.3 Å². The number of nitrogens with one attached hydrogen (secondary N) is 1. The SMILES string of the molecule is CCN1C(=O)C(CC(=O)Nc2ccccc2C)SC1=NS(=O)(=O)c1ccc(Cl)cc1. The number of carbonyl (C=O) groups is 2. The molecular formula is C20H20ClN3O4S2. The van der Waals surface area contributed by atoms with Crippen molar-refractivity contribution in [1.82, 2.24) is 4.90 Å². The Kier molecular flexibility index (Phi) is 6.84. The number of nitrogens with zero attached hydrogens (tertiary/aromatic N) is 2. The maximum atomic E-state index is 12.7. The van der Waals surface area contributed by atoms with Gasteiger partial charge in [-0.1, -0.05) is 41.6 Å². The lowest BCUT2D eigenvalue weighted by Gasteiger charge is -2.13. The highest BCUT2D eigenvalue weighted by molar-refractivity contribution is 8.16. The number of rotatable bonds is 6. The van der Waals surface area contributed by atoms with Crippen LogP contribution in [0.15, 0.2) is 57.8 Å². The third-order valence-electron chi connectivity index (χ3n) is 4.44. The molecule has 1 heterocycles. The second-order valence-corrected chi connectivity index (χ2v) is 9.77. The lowest BCUT2D eigenvalue weighted by molar-refractivity contribution is -0.128. The maximum Gasteiger partial charge on any atom is 0.284 e. The summed E-state index contributed by atoms with van der Waals surface area (Å²) in [6.07, 6.45) is -0.0889. The number of aryl methyl sites for hydroxylation is 1. The number of anilines is 1. The van der Waals surface area contributed by atoms with Gasteiger partial charge < -0.3 is 5.32 Å². The van der Waals surface area contributed by atoms with E-state index in [1.54, 1.807) is 13.0 Å². The molecular weight excluding hydrogens is 446 g/mol. The highest BCUT2D eigenvalue weighted by Gasteiger charge is 2.39. The van der Waals surface area contributed by atoms with Crippen LogP contribution >= 0.6 is 23.4 Å². The quantitative estimate of drug-likeness (QED) is 0.701. The van der Waals surface area contributed by atoms with Crippen molar-refractivity contribution in [3.8, 4) is 0 Å². The highest BCUT2D eigenvalue weighted by Crippen LogP contribution is 2.31.